The number of benzene rings is 2. The van der Waals surface area contributed by atoms with Gasteiger partial charge in [0.25, 0.3) is 0 Å². The highest BCUT2D eigenvalue weighted by atomic mass is 16.5. The molecule has 9 aliphatic rings. The summed E-state index contributed by atoms with van der Waals surface area (Å²) < 4.78 is 13.9. The molecule has 0 aromatic heterocycles. The van der Waals surface area contributed by atoms with Crippen LogP contribution in [0.5, 0.6) is 11.5 Å². The highest BCUT2D eigenvalue weighted by Gasteiger charge is 2.58. The summed E-state index contributed by atoms with van der Waals surface area (Å²) in [6.07, 6.45) is 46.4. The van der Waals surface area contributed by atoms with Gasteiger partial charge in [-0.05, 0) is 66.7 Å². The second-order valence-electron chi connectivity index (χ2n) is 15.6. The van der Waals surface area contributed by atoms with Crippen molar-refractivity contribution in [3.8, 4) is 11.5 Å². The maximum atomic E-state index is 7.01. The van der Waals surface area contributed by atoms with Crippen LogP contribution in [0, 0.1) is 17.8 Å². The van der Waals surface area contributed by atoms with Crippen LogP contribution < -0.4 is 10.1 Å². The predicted molar refractivity (Wildman–Crippen MR) is 208 cm³/mol. The summed E-state index contributed by atoms with van der Waals surface area (Å²) in [6.45, 7) is 0.892. The lowest BCUT2D eigenvalue weighted by molar-refractivity contribution is 0.0635. The van der Waals surface area contributed by atoms with E-state index in [1.165, 1.54) is 33.4 Å². The third kappa shape index (κ3) is 4.47. The zero-order chi connectivity index (χ0) is 34.2. The maximum Gasteiger partial charge on any atom is 0.132 e. The first-order valence-electron chi connectivity index (χ1n) is 19.4. The van der Waals surface area contributed by atoms with Crippen molar-refractivity contribution in [2.75, 3.05) is 6.54 Å². The van der Waals surface area contributed by atoms with Crippen molar-refractivity contribution in [3.63, 3.8) is 0 Å². The van der Waals surface area contributed by atoms with Crippen LogP contribution in [0.3, 0.4) is 0 Å². The molecule has 11 rings (SSSR count). The second-order valence-corrected chi connectivity index (χ2v) is 15.6. The quantitative estimate of drug-likeness (QED) is 0.328. The molecular formula is C48H44N2O2. The Morgan fingerprint density at radius 1 is 0.769 bits per heavy atom. The molecule has 2 fully saturated rings. The monoisotopic (exact) mass is 680 g/mol. The molecule has 2 aromatic rings. The number of hydrogen-bond acceptors (Lipinski definition) is 4. The van der Waals surface area contributed by atoms with Crippen molar-refractivity contribution in [1.29, 1.82) is 0 Å². The highest BCUT2D eigenvalue weighted by Crippen LogP contribution is 2.63. The zero-order valence-electron chi connectivity index (χ0n) is 29.4. The first-order chi connectivity index (χ1) is 25.8. The molecule has 4 aliphatic heterocycles. The van der Waals surface area contributed by atoms with Crippen molar-refractivity contribution in [1.82, 2.24) is 10.2 Å². The molecule has 4 nitrogen and oxygen atoms in total. The number of nitrogens with one attached hydrogen (secondary N) is 1. The second kappa shape index (κ2) is 12.1. The first kappa shape index (κ1) is 30.7. The molecule has 9 unspecified atom stereocenters. The number of likely N-dealkylation sites (tertiary alicyclic amines) is 1. The van der Waals surface area contributed by atoms with Crippen LogP contribution in [0.1, 0.15) is 48.4 Å². The third-order valence-corrected chi connectivity index (χ3v) is 13.1. The minimum Gasteiger partial charge on any atom is -0.486 e. The van der Waals surface area contributed by atoms with Gasteiger partial charge in [-0.25, -0.2) is 0 Å². The van der Waals surface area contributed by atoms with E-state index in [0.717, 1.165) is 49.5 Å². The number of allylic oxidation sites excluding steroid dienone is 10. The van der Waals surface area contributed by atoms with Crippen molar-refractivity contribution in [2.24, 2.45) is 17.8 Å². The van der Waals surface area contributed by atoms with Gasteiger partial charge in [0.2, 0.25) is 0 Å². The summed E-state index contributed by atoms with van der Waals surface area (Å²) in [7, 11) is 0. The Hall–Kier alpha value is -4.90. The lowest BCUT2D eigenvalue weighted by Gasteiger charge is -2.53. The molecule has 0 radical (unpaired) electrons. The Morgan fingerprint density at radius 3 is 2.58 bits per heavy atom. The van der Waals surface area contributed by atoms with Crippen LogP contribution in [0.15, 0.2) is 174 Å². The molecule has 0 amide bonds. The molecule has 0 saturated carbocycles. The SMILES string of the molecule is C1=CCC(N2C3C=CC=CC3C3C=CC=C(C4=CC5C(C=C4)OC4=CCCC=C4C54c5ccccc5Oc5cc(C6CC=CCN6)ccc54)C32)C=C1. The molecular weight excluding hydrogens is 637 g/mol. The van der Waals surface area contributed by atoms with E-state index in [9.17, 15) is 0 Å². The average molecular weight is 681 g/mol. The summed E-state index contributed by atoms with van der Waals surface area (Å²) in [6, 6.07) is 17.1. The number of rotatable bonds is 3. The number of ether oxygens (including phenoxy) is 2. The largest absolute Gasteiger partial charge is 0.486 e. The average Bonchev–Trinajstić information content (AvgIpc) is 3.56. The fourth-order valence-corrected chi connectivity index (χ4v) is 10.9. The maximum absolute atomic E-state index is 7.01. The molecule has 5 aliphatic carbocycles. The number of hydrogen-bond donors (Lipinski definition) is 1. The van der Waals surface area contributed by atoms with Crippen LogP contribution in [-0.4, -0.2) is 35.7 Å². The van der Waals surface area contributed by atoms with Crippen molar-refractivity contribution in [3.05, 3.63) is 191 Å². The summed E-state index contributed by atoms with van der Waals surface area (Å²) in [4.78, 5) is 2.82. The fraction of sp³-hybridized carbons (Fsp3) is 0.292. The van der Waals surface area contributed by atoms with Gasteiger partial charge in [-0.1, -0.05) is 128 Å². The summed E-state index contributed by atoms with van der Waals surface area (Å²) >= 11 is 0. The van der Waals surface area contributed by atoms with Crippen molar-refractivity contribution < 1.29 is 9.47 Å². The third-order valence-electron chi connectivity index (χ3n) is 13.1. The van der Waals surface area contributed by atoms with Crippen molar-refractivity contribution in [2.45, 2.75) is 61.4 Å². The van der Waals surface area contributed by atoms with Gasteiger partial charge in [-0.2, -0.15) is 0 Å². The number of fused-ring (bicyclic) bond motifs is 11. The van der Waals surface area contributed by atoms with E-state index in [0.29, 0.717) is 23.9 Å². The molecule has 0 bridgehead atoms. The summed E-state index contributed by atoms with van der Waals surface area (Å²) in [5.41, 5.74) is 7.30. The smallest absolute Gasteiger partial charge is 0.132 e. The Morgan fingerprint density at radius 2 is 1.65 bits per heavy atom. The van der Waals surface area contributed by atoms with E-state index in [1.54, 1.807) is 0 Å². The van der Waals surface area contributed by atoms with Gasteiger partial charge in [0.05, 0.1) is 5.41 Å². The lowest BCUT2D eigenvalue weighted by Crippen LogP contribution is -2.51. The van der Waals surface area contributed by atoms with Crippen LogP contribution in [0.4, 0.5) is 0 Å². The van der Waals surface area contributed by atoms with Gasteiger partial charge in [0.15, 0.2) is 0 Å². The topological polar surface area (TPSA) is 33.7 Å². The molecule has 9 atom stereocenters. The summed E-state index contributed by atoms with van der Waals surface area (Å²) in [5.74, 6) is 3.83. The van der Waals surface area contributed by atoms with E-state index < -0.39 is 5.41 Å². The Bertz CT molecular complexity index is 2190. The zero-order valence-corrected chi connectivity index (χ0v) is 29.4. The number of nitrogens with zero attached hydrogens (tertiary/aromatic N) is 1. The van der Waals surface area contributed by atoms with Gasteiger partial charge >= 0.3 is 0 Å². The molecule has 1 N–H and O–H groups in total. The highest BCUT2D eigenvalue weighted by molar-refractivity contribution is 5.69. The molecule has 52 heavy (non-hydrogen) atoms. The Labute approximate surface area is 307 Å². The van der Waals surface area contributed by atoms with E-state index in [2.05, 4.69) is 162 Å². The van der Waals surface area contributed by atoms with Gasteiger partial charge < -0.3 is 14.8 Å². The van der Waals surface area contributed by atoms with Gasteiger partial charge in [0, 0.05) is 65.2 Å². The molecule has 2 aromatic carbocycles. The van der Waals surface area contributed by atoms with Crippen LogP contribution in [-0.2, 0) is 10.2 Å². The van der Waals surface area contributed by atoms with Gasteiger partial charge in [-0.15, -0.1) is 0 Å². The first-order valence-corrected chi connectivity index (χ1v) is 19.4. The normalized spacial score (nSPS) is 35.8. The Kier molecular flexibility index (Phi) is 7.13. The van der Waals surface area contributed by atoms with Gasteiger partial charge in [-0.3, -0.25) is 4.90 Å². The summed E-state index contributed by atoms with van der Waals surface area (Å²) in [5, 5.41) is 3.70. The van der Waals surface area contributed by atoms with Crippen LogP contribution in [0.25, 0.3) is 0 Å². The predicted octanol–water partition coefficient (Wildman–Crippen LogP) is 9.58. The molecule has 1 spiro atoms. The van der Waals surface area contributed by atoms with Crippen molar-refractivity contribution >= 4 is 0 Å². The minimum absolute atomic E-state index is 0.0269. The van der Waals surface area contributed by atoms with E-state index >= 15 is 0 Å². The number of para-hydroxylation sites is 1. The molecule has 258 valence electrons. The van der Waals surface area contributed by atoms with Gasteiger partial charge in [0.1, 0.15) is 23.4 Å². The van der Waals surface area contributed by atoms with E-state index in [4.69, 9.17) is 9.47 Å². The Balaban J connectivity index is 1.08. The van der Waals surface area contributed by atoms with E-state index in [1.807, 2.05) is 0 Å². The van der Waals surface area contributed by atoms with E-state index in [-0.39, 0.29) is 24.1 Å². The lowest BCUT2D eigenvalue weighted by atomic mass is 9.55. The molecule has 4 heterocycles. The van der Waals surface area contributed by atoms with Crippen LogP contribution >= 0.6 is 0 Å². The van der Waals surface area contributed by atoms with Crippen LogP contribution in [0.2, 0.25) is 0 Å². The minimum atomic E-state index is -0.468. The molecule has 2 saturated heterocycles. The standard InChI is InChI=1S/C48H44N2O2/c1-2-13-33(14-3-1)50-42-21-7-4-15-35(42)36-17-12-16-34(47(36)50)31-25-27-45-40(29-31)48(37-18-5-8-22-43(37)51-45)38-19-6-9-23-44(38)52-46-30-32(24-26-39(46)48)41-20-10-11-28-49-41/h1-4,6-7,9-13,15-19,21-27,29-30,33,35-36,40-42,45,47,49H,5,8,14,20,28H2. The fourth-order valence-electron chi connectivity index (χ4n) is 10.9. The molecule has 4 heteroatoms.